The topological polar surface area (TPSA) is 38.3 Å². The third kappa shape index (κ3) is 5.39. The van der Waals surface area contributed by atoms with Crippen LogP contribution in [0.4, 0.5) is 19.3 Å². The highest BCUT2D eigenvalue weighted by Gasteiger charge is 2.23. The van der Waals surface area contributed by atoms with Crippen molar-refractivity contribution in [3.05, 3.63) is 99.9 Å². The van der Waals surface area contributed by atoms with Crippen LogP contribution in [0.25, 0.3) is 21.6 Å². The van der Waals surface area contributed by atoms with Crippen LogP contribution in [0.15, 0.2) is 72.8 Å². The molecule has 1 N–H and O–H groups in total. The maximum absolute atomic E-state index is 14.0. The molecule has 1 amide bonds. The zero-order valence-corrected chi connectivity index (χ0v) is 20.4. The smallest absolute Gasteiger partial charge is 0.412 e. The van der Waals surface area contributed by atoms with E-state index in [9.17, 15) is 13.6 Å². The van der Waals surface area contributed by atoms with Crippen molar-refractivity contribution in [1.82, 2.24) is 0 Å². The van der Waals surface area contributed by atoms with Gasteiger partial charge in [0.15, 0.2) is 0 Å². The van der Waals surface area contributed by atoms with E-state index in [1.807, 2.05) is 24.3 Å². The number of rotatable bonds is 6. The van der Waals surface area contributed by atoms with Crippen LogP contribution in [0.1, 0.15) is 42.9 Å². The van der Waals surface area contributed by atoms with Crippen LogP contribution in [0.5, 0.6) is 0 Å². The number of carbonyl (C=O) groups excluding carboxylic acids is 1. The van der Waals surface area contributed by atoms with Gasteiger partial charge in [-0.15, -0.1) is 11.3 Å². The van der Waals surface area contributed by atoms with E-state index < -0.39 is 23.8 Å². The van der Waals surface area contributed by atoms with E-state index in [4.69, 9.17) is 16.3 Å². The SMILES string of the molecule is CC(OC(=O)Nc1cc(Cl)sc1-c1ccc(-c2ccc(C3CC3)cc2)cc1)c1ccc(F)cc1F. The molecule has 7 heteroatoms. The van der Waals surface area contributed by atoms with Gasteiger partial charge >= 0.3 is 6.09 Å². The maximum atomic E-state index is 14.0. The molecule has 0 saturated heterocycles. The highest BCUT2D eigenvalue weighted by atomic mass is 35.5. The van der Waals surface area contributed by atoms with E-state index >= 15 is 0 Å². The number of hydrogen-bond donors (Lipinski definition) is 1. The third-order valence-corrected chi connectivity index (χ3v) is 7.38. The van der Waals surface area contributed by atoms with E-state index in [0.717, 1.165) is 39.6 Å². The van der Waals surface area contributed by atoms with Crippen LogP contribution in [-0.4, -0.2) is 6.09 Å². The molecule has 1 atom stereocenters. The van der Waals surface area contributed by atoms with Crippen molar-refractivity contribution in [3.63, 3.8) is 0 Å². The van der Waals surface area contributed by atoms with Crippen LogP contribution in [-0.2, 0) is 4.74 Å². The van der Waals surface area contributed by atoms with Crippen LogP contribution >= 0.6 is 22.9 Å². The van der Waals surface area contributed by atoms with E-state index in [0.29, 0.717) is 10.0 Å². The summed E-state index contributed by atoms with van der Waals surface area (Å²) in [5.74, 6) is -0.737. The zero-order valence-electron chi connectivity index (χ0n) is 18.9. The molecule has 1 aliphatic carbocycles. The number of hydrogen-bond acceptors (Lipinski definition) is 3. The van der Waals surface area contributed by atoms with Crippen molar-refractivity contribution in [2.24, 2.45) is 0 Å². The van der Waals surface area contributed by atoms with Crippen molar-refractivity contribution in [2.45, 2.75) is 31.8 Å². The molecular formula is C28H22ClF2NO2S. The number of anilines is 1. The summed E-state index contributed by atoms with van der Waals surface area (Å²) in [6, 6.07) is 21.5. The van der Waals surface area contributed by atoms with Crippen LogP contribution in [0.2, 0.25) is 4.34 Å². The summed E-state index contributed by atoms with van der Waals surface area (Å²) < 4.78 is 33.0. The summed E-state index contributed by atoms with van der Waals surface area (Å²) in [6.45, 7) is 1.52. The standard InChI is InChI=1S/C28H22ClF2NO2S/c1-16(23-13-12-22(30)14-24(23)31)34-28(33)32-25-15-26(29)35-27(25)21-10-8-20(9-11-21)19-6-4-18(5-7-19)17-2-3-17/h4-17H,2-3H2,1H3,(H,32,33). The van der Waals surface area contributed by atoms with Crippen LogP contribution < -0.4 is 5.32 Å². The first-order valence-electron chi connectivity index (χ1n) is 11.3. The molecule has 1 fully saturated rings. The van der Waals surface area contributed by atoms with Gasteiger partial charge in [-0.25, -0.2) is 13.6 Å². The zero-order chi connectivity index (χ0) is 24.5. The minimum Gasteiger partial charge on any atom is -0.441 e. The Morgan fingerprint density at radius 3 is 2.23 bits per heavy atom. The molecule has 0 radical (unpaired) electrons. The molecule has 35 heavy (non-hydrogen) atoms. The number of ether oxygens (including phenoxy) is 1. The Labute approximate surface area is 211 Å². The largest absolute Gasteiger partial charge is 0.441 e. The fourth-order valence-corrected chi connectivity index (χ4v) is 5.23. The first-order valence-corrected chi connectivity index (χ1v) is 12.5. The summed E-state index contributed by atoms with van der Waals surface area (Å²) in [4.78, 5) is 13.3. The lowest BCUT2D eigenvalue weighted by Gasteiger charge is -2.15. The van der Waals surface area contributed by atoms with Gasteiger partial charge in [0.1, 0.15) is 17.7 Å². The van der Waals surface area contributed by atoms with Crippen molar-refractivity contribution in [1.29, 1.82) is 0 Å². The number of benzene rings is 3. The van der Waals surface area contributed by atoms with Crippen LogP contribution in [0, 0.1) is 11.6 Å². The third-order valence-electron chi connectivity index (χ3n) is 6.06. The predicted molar refractivity (Wildman–Crippen MR) is 137 cm³/mol. The van der Waals surface area contributed by atoms with Gasteiger partial charge in [0.05, 0.1) is 14.9 Å². The molecule has 1 unspecified atom stereocenters. The summed E-state index contributed by atoms with van der Waals surface area (Å²) >= 11 is 7.59. The first kappa shape index (κ1) is 23.5. The fourth-order valence-electron chi connectivity index (χ4n) is 4.04. The molecule has 5 rings (SSSR count). The molecule has 1 aromatic heterocycles. The number of nitrogens with one attached hydrogen (secondary N) is 1. The average Bonchev–Trinajstić information content (AvgIpc) is 3.62. The summed E-state index contributed by atoms with van der Waals surface area (Å²) in [6.07, 6.45) is 0.898. The van der Waals surface area contributed by atoms with Gasteiger partial charge in [-0.2, -0.15) is 0 Å². The molecule has 0 spiro atoms. The lowest BCUT2D eigenvalue weighted by molar-refractivity contribution is 0.119. The summed E-state index contributed by atoms with van der Waals surface area (Å²) in [5.41, 5.74) is 5.13. The first-order chi connectivity index (χ1) is 16.9. The highest BCUT2D eigenvalue weighted by Crippen LogP contribution is 2.42. The minimum absolute atomic E-state index is 0.0888. The van der Waals surface area contributed by atoms with Gasteiger partial charge in [0, 0.05) is 11.6 Å². The molecular weight excluding hydrogens is 488 g/mol. The summed E-state index contributed by atoms with van der Waals surface area (Å²) in [7, 11) is 0. The van der Waals surface area contributed by atoms with Gasteiger partial charge in [-0.1, -0.05) is 60.1 Å². The van der Waals surface area contributed by atoms with Gasteiger partial charge in [0.25, 0.3) is 0 Å². The lowest BCUT2D eigenvalue weighted by atomic mass is 10.0. The Bertz CT molecular complexity index is 1360. The summed E-state index contributed by atoms with van der Waals surface area (Å²) in [5, 5.41) is 2.70. The van der Waals surface area contributed by atoms with E-state index in [1.54, 1.807) is 6.07 Å². The number of carbonyl (C=O) groups is 1. The molecule has 1 heterocycles. The molecule has 1 aliphatic rings. The number of amides is 1. The molecule has 0 bridgehead atoms. The van der Waals surface area contributed by atoms with Crippen molar-refractivity contribution in [2.75, 3.05) is 5.32 Å². The van der Waals surface area contributed by atoms with E-state index in [1.165, 1.54) is 42.7 Å². The van der Waals surface area contributed by atoms with Gasteiger partial charge in [-0.3, -0.25) is 5.32 Å². The monoisotopic (exact) mass is 509 g/mol. The predicted octanol–water partition coefficient (Wildman–Crippen LogP) is 9.20. The molecule has 4 aromatic rings. The van der Waals surface area contributed by atoms with E-state index in [-0.39, 0.29) is 5.56 Å². The van der Waals surface area contributed by atoms with Gasteiger partial charge < -0.3 is 4.74 Å². The van der Waals surface area contributed by atoms with Crippen molar-refractivity contribution >= 4 is 34.7 Å². The second-order valence-electron chi connectivity index (χ2n) is 8.61. The Hall–Kier alpha value is -3.22. The maximum Gasteiger partial charge on any atom is 0.412 e. The Kier molecular flexibility index (Phi) is 6.58. The number of thiophene rings is 1. The second-order valence-corrected chi connectivity index (χ2v) is 10.3. The Balaban J connectivity index is 1.29. The average molecular weight is 510 g/mol. The van der Waals surface area contributed by atoms with Crippen molar-refractivity contribution < 1.29 is 18.3 Å². The van der Waals surface area contributed by atoms with Gasteiger partial charge in [0.2, 0.25) is 0 Å². The van der Waals surface area contributed by atoms with Crippen molar-refractivity contribution in [3.8, 4) is 21.6 Å². The lowest BCUT2D eigenvalue weighted by Crippen LogP contribution is -2.16. The van der Waals surface area contributed by atoms with Gasteiger partial charge in [-0.05, 0) is 66.1 Å². The Morgan fingerprint density at radius 1 is 0.971 bits per heavy atom. The molecule has 0 aliphatic heterocycles. The molecule has 1 saturated carbocycles. The normalized spacial score (nSPS) is 13.9. The van der Waals surface area contributed by atoms with E-state index in [2.05, 4.69) is 29.6 Å². The number of halogens is 3. The minimum atomic E-state index is -0.904. The molecule has 3 aromatic carbocycles. The van der Waals surface area contributed by atoms with Crippen LogP contribution in [0.3, 0.4) is 0 Å². The highest BCUT2D eigenvalue weighted by molar-refractivity contribution is 7.20. The fraction of sp³-hybridized carbons (Fsp3) is 0.179. The molecule has 3 nitrogen and oxygen atoms in total. The molecule has 178 valence electrons. The quantitative estimate of drug-likeness (QED) is 0.281. The second kappa shape index (κ2) is 9.80. The Morgan fingerprint density at radius 2 is 1.60 bits per heavy atom.